The number of carbonyl (C=O) groups is 1. The Balaban J connectivity index is 1.84. The zero-order valence-electron chi connectivity index (χ0n) is 12.0. The maximum Gasteiger partial charge on any atom is 0.264 e. The Kier molecular flexibility index (Phi) is 4.22. The van der Waals surface area contributed by atoms with Crippen LogP contribution in [0.2, 0.25) is 0 Å². The van der Waals surface area contributed by atoms with E-state index in [9.17, 15) is 4.79 Å². The summed E-state index contributed by atoms with van der Waals surface area (Å²) < 4.78 is 6.47. The van der Waals surface area contributed by atoms with Gasteiger partial charge in [-0.25, -0.2) is 4.99 Å². The summed E-state index contributed by atoms with van der Waals surface area (Å²) in [5, 5.41) is 3.36. The largest absolute Gasteiger partial charge is 0.466 e. The van der Waals surface area contributed by atoms with E-state index >= 15 is 0 Å². The minimum atomic E-state index is -0.140. The smallest absolute Gasteiger partial charge is 0.264 e. The summed E-state index contributed by atoms with van der Waals surface area (Å²) >= 11 is 4.71. The zero-order valence-corrected chi connectivity index (χ0v) is 14.4. The topological polar surface area (TPSA) is 54.6 Å². The number of thioether (sulfide) groups is 1. The van der Waals surface area contributed by atoms with Gasteiger partial charge < -0.3 is 9.73 Å². The predicted octanol–water partition coefficient (Wildman–Crippen LogP) is 4.55. The molecule has 0 saturated carbocycles. The second-order valence-electron chi connectivity index (χ2n) is 4.83. The van der Waals surface area contributed by atoms with Crippen LogP contribution in [0, 0.1) is 13.8 Å². The van der Waals surface area contributed by atoms with Crippen LogP contribution in [0.3, 0.4) is 0 Å². The van der Waals surface area contributed by atoms with Crippen molar-refractivity contribution in [3.05, 3.63) is 56.8 Å². The maximum atomic E-state index is 12.0. The van der Waals surface area contributed by atoms with Crippen LogP contribution in [0.5, 0.6) is 0 Å². The molecule has 1 aliphatic rings. The van der Waals surface area contributed by atoms with Crippen molar-refractivity contribution in [1.29, 1.82) is 0 Å². The van der Waals surface area contributed by atoms with E-state index in [0.717, 1.165) is 27.2 Å². The first kappa shape index (κ1) is 15.1. The number of amides is 1. The molecule has 1 aromatic carbocycles. The van der Waals surface area contributed by atoms with Crippen LogP contribution >= 0.6 is 27.7 Å². The molecule has 0 spiro atoms. The van der Waals surface area contributed by atoms with Crippen molar-refractivity contribution < 1.29 is 9.21 Å². The van der Waals surface area contributed by atoms with Crippen molar-refractivity contribution in [3.8, 4) is 0 Å². The predicted molar refractivity (Wildman–Crippen MR) is 93.1 cm³/mol. The maximum absolute atomic E-state index is 12.0. The van der Waals surface area contributed by atoms with Gasteiger partial charge in [0.05, 0.1) is 10.6 Å². The quantitative estimate of drug-likeness (QED) is 0.782. The summed E-state index contributed by atoms with van der Waals surface area (Å²) in [6, 6.07) is 9.51. The second kappa shape index (κ2) is 6.14. The lowest BCUT2D eigenvalue weighted by Crippen LogP contribution is -2.19. The standard InChI is InChI=1S/C16H13BrN2O2S/c1-9-7-11(10(2)21-9)8-14-15(20)19-16(22-14)18-13-5-3-12(17)4-6-13/h3-8H,1-2H3,(H,18,19,20)/b14-8-. The Morgan fingerprint density at radius 3 is 2.64 bits per heavy atom. The number of furan rings is 1. The van der Waals surface area contributed by atoms with Gasteiger partial charge in [0, 0.05) is 10.0 Å². The van der Waals surface area contributed by atoms with E-state index in [1.807, 2.05) is 50.3 Å². The minimum Gasteiger partial charge on any atom is -0.466 e. The number of aryl methyl sites for hydroxylation is 2. The molecule has 0 unspecified atom stereocenters. The molecule has 2 heterocycles. The number of hydrogen-bond donors (Lipinski definition) is 1. The minimum absolute atomic E-state index is 0.140. The molecule has 0 bridgehead atoms. The van der Waals surface area contributed by atoms with Gasteiger partial charge in [-0.15, -0.1) is 0 Å². The van der Waals surface area contributed by atoms with Gasteiger partial charge in [0.2, 0.25) is 0 Å². The number of hydrogen-bond acceptors (Lipinski definition) is 4. The fourth-order valence-electron chi connectivity index (χ4n) is 2.05. The highest BCUT2D eigenvalue weighted by Gasteiger charge is 2.24. The van der Waals surface area contributed by atoms with Crippen LogP contribution in [-0.4, -0.2) is 11.1 Å². The van der Waals surface area contributed by atoms with Gasteiger partial charge in [0.15, 0.2) is 5.17 Å². The van der Waals surface area contributed by atoms with E-state index < -0.39 is 0 Å². The van der Waals surface area contributed by atoms with E-state index in [4.69, 9.17) is 4.42 Å². The number of aliphatic imine (C=N–C) groups is 1. The molecule has 0 atom stereocenters. The van der Waals surface area contributed by atoms with Crippen molar-refractivity contribution in [1.82, 2.24) is 5.32 Å². The van der Waals surface area contributed by atoms with Gasteiger partial charge in [0.25, 0.3) is 5.91 Å². The third-order valence-electron chi connectivity index (χ3n) is 3.07. The Morgan fingerprint density at radius 2 is 2.00 bits per heavy atom. The molecule has 2 aromatic rings. The van der Waals surface area contributed by atoms with Gasteiger partial charge in [0.1, 0.15) is 11.5 Å². The molecule has 0 radical (unpaired) electrons. The molecule has 1 saturated heterocycles. The first-order chi connectivity index (χ1) is 10.5. The molecule has 1 aromatic heterocycles. The molecule has 1 fully saturated rings. The van der Waals surface area contributed by atoms with E-state index in [1.165, 1.54) is 11.8 Å². The SMILES string of the molecule is Cc1cc(/C=C2\SC(=Nc3ccc(Br)cc3)NC2=O)c(C)o1. The molecule has 22 heavy (non-hydrogen) atoms. The molecule has 0 aliphatic carbocycles. The highest BCUT2D eigenvalue weighted by Crippen LogP contribution is 2.29. The molecule has 112 valence electrons. The first-order valence-electron chi connectivity index (χ1n) is 6.63. The number of rotatable bonds is 2. The molecular formula is C16H13BrN2O2S. The number of carbonyl (C=O) groups excluding carboxylic acids is 1. The normalized spacial score (nSPS) is 18.2. The van der Waals surface area contributed by atoms with E-state index in [1.54, 1.807) is 0 Å². The Morgan fingerprint density at radius 1 is 1.27 bits per heavy atom. The van der Waals surface area contributed by atoms with Gasteiger partial charge in [-0.3, -0.25) is 4.79 Å². The summed E-state index contributed by atoms with van der Waals surface area (Å²) in [4.78, 5) is 17.1. The molecule has 1 N–H and O–H groups in total. The van der Waals surface area contributed by atoms with Crippen molar-refractivity contribution in [2.75, 3.05) is 0 Å². The zero-order chi connectivity index (χ0) is 15.7. The van der Waals surface area contributed by atoms with Gasteiger partial charge >= 0.3 is 0 Å². The van der Waals surface area contributed by atoms with Gasteiger partial charge in [-0.2, -0.15) is 0 Å². The van der Waals surface area contributed by atoms with Gasteiger partial charge in [-0.05, 0) is 62.0 Å². The summed E-state index contributed by atoms with van der Waals surface area (Å²) in [6.45, 7) is 3.77. The van der Waals surface area contributed by atoms with E-state index in [-0.39, 0.29) is 5.91 Å². The summed E-state index contributed by atoms with van der Waals surface area (Å²) in [6.07, 6.45) is 1.83. The van der Waals surface area contributed by atoms with Crippen molar-refractivity contribution in [2.45, 2.75) is 13.8 Å². The summed E-state index contributed by atoms with van der Waals surface area (Å²) in [7, 11) is 0. The van der Waals surface area contributed by atoms with Crippen LogP contribution in [0.25, 0.3) is 6.08 Å². The lowest BCUT2D eigenvalue weighted by molar-refractivity contribution is -0.115. The van der Waals surface area contributed by atoms with Crippen LogP contribution in [-0.2, 0) is 4.79 Å². The average Bonchev–Trinajstić information content (AvgIpc) is 2.96. The number of benzene rings is 1. The monoisotopic (exact) mass is 376 g/mol. The van der Waals surface area contributed by atoms with Crippen molar-refractivity contribution in [2.24, 2.45) is 4.99 Å². The number of amidine groups is 1. The molecular weight excluding hydrogens is 364 g/mol. The molecule has 1 amide bonds. The number of nitrogens with zero attached hydrogens (tertiary/aromatic N) is 1. The van der Waals surface area contributed by atoms with Crippen LogP contribution in [0.15, 0.2) is 49.1 Å². The third-order valence-corrected chi connectivity index (χ3v) is 4.51. The first-order valence-corrected chi connectivity index (χ1v) is 8.24. The Labute approximate surface area is 140 Å². The third kappa shape index (κ3) is 3.34. The van der Waals surface area contributed by atoms with Crippen molar-refractivity contribution >= 4 is 50.5 Å². The number of halogens is 1. The summed E-state index contributed by atoms with van der Waals surface area (Å²) in [5.74, 6) is 1.49. The second-order valence-corrected chi connectivity index (χ2v) is 6.77. The van der Waals surface area contributed by atoms with E-state index in [0.29, 0.717) is 10.1 Å². The fourth-order valence-corrected chi connectivity index (χ4v) is 3.15. The van der Waals surface area contributed by atoms with Gasteiger partial charge in [-0.1, -0.05) is 15.9 Å². The van der Waals surface area contributed by atoms with Crippen molar-refractivity contribution in [3.63, 3.8) is 0 Å². The highest BCUT2D eigenvalue weighted by atomic mass is 79.9. The van der Waals surface area contributed by atoms with Crippen LogP contribution in [0.4, 0.5) is 5.69 Å². The molecule has 4 nitrogen and oxygen atoms in total. The molecule has 3 rings (SSSR count). The Bertz CT molecular complexity index is 791. The van der Waals surface area contributed by atoms with Crippen LogP contribution < -0.4 is 5.32 Å². The molecule has 1 aliphatic heterocycles. The lowest BCUT2D eigenvalue weighted by Gasteiger charge is -1.96. The lowest BCUT2D eigenvalue weighted by atomic mass is 10.2. The molecule has 6 heteroatoms. The average molecular weight is 377 g/mol. The Hall–Kier alpha value is -1.79. The van der Waals surface area contributed by atoms with E-state index in [2.05, 4.69) is 26.2 Å². The highest BCUT2D eigenvalue weighted by molar-refractivity contribution is 9.10. The number of nitrogens with one attached hydrogen (secondary N) is 1. The van der Waals surface area contributed by atoms with Crippen LogP contribution in [0.1, 0.15) is 17.1 Å². The fraction of sp³-hybridized carbons (Fsp3) is 0.125. The summed E-state index contributed by atoms with van der Waals surface area (Å²) in [5.41, 5.74) is 1.71.